The molecule has 2 atom stereocenters. The van der Waals surface area contributed by atoms with Crippen LogP contribution >= 0.6 is 0 Å². The normalized spacial score (nSPS) is 22.2. The summed E-state index contributed by atoms with van der Waals surface area (Å²) >= 11 is 0. The van der Waals surface area contributed by atoms with Crippen LogP contribution in [0.1, 0.15) is 54.4 Å². The lowest BCUT2D eigenvalue weighted by atomic mass is 10.0. The molecule has 1 aliphatic rings. The van der Waals surface area contributed by atoms with Crippen LogP contribution in [0.5, 0.6) is 0 Å². The van der Waals surface area contributed by atoms with Gasteiger partial charge in [0, 0.05) is 0 Å². The Morgan fingerprint density at radius 2 is 2.06 bits per heavy atom. The van der Waals surface area contributed by atoms with E-state index in [-0.39, 0.29) is 5.97 Å². The summed E-state index contributed by atoms with van der Waals surface area (Å²) in [4.78, 5) is 11.3. The quantitative estimate of drug-likeness (QED) is 0.722. The van der Waals surface area contributed by atoms with Gasteiger partial charge in [0.05, 0.1) is 12.7 Å². The molecule has 2 nitrogen and oxygen atoms in total. The van der Waals surface area contributed by atoms with Crippen molar-refractivity contribution in [3.05, 3.63) is 35.4 Å². The van der Waals surface area contributed by atoms with Gasteiger partial charge in [0.25, 0.3) is 0 Å². The highest BCUT2D eigenvalue weighted by molar-refractivity contribution is 5.89. The summed E-state index contributed by atoms with van der Waals surface area (Å²) in [6.07, 6.45) is 5.28. The Labute approximate surface area is 103 Å². The van der Waals surface area contributed by atoms with Crippen LogP contribution in [0.4, 0.5) is 0 Å². The molecule has 1 aliphatic carbocycles. The number of benzene rings is 1. The Morgan fingerprint density at radius 1 is 1.35 bits per heavy atom. The minimum atomic E-state index is -0.255. The van der Waals surface area contributed by atoms with Gasteiger partial charge in [-0.1, -0.05) is 31.9 Å². The van der Waals surface area contributed by atoms with Crippen molar-refractivity contribution in [2.45, 2.75) is 38.5 Å². The fourth-order valence-corrected chi connectivity index (χ4v) is 2.43. The van der Waals surface area contributed by atoms with Gasteiger partial charge in [0.2, 0.25) is 0 Å². The second kappa shape index (κ2) is 5.35. The predicted octanol–water partition coefficient (Wildman–Crippen LogP) is 3.77. The van der Waals surface area contributed by atoms with Crippen LogP contribution in [-0.2, 0) is 4.74 Å². The molecule has 0 N–H and O–H groups in total. The van der Waals surface area contributed by atoms with Gasteiger partial charge in [-0.15, -0.1) is 0 Å². The molecule has 0 saturated heterocycles. The summed E-state index contributed by atoms with van der Waals surface area (Å²) in [5.41, 5.74) is 2.01. The van der Waals surface area contributed by atoms with E-state index in [9.17, 15) is 4.79 Å². The molecular formula is C15H20O2. The average Bonchev–Trinajstić information content (AvgIpc) is 3.15. The third kappa shape index (κ3) is 2.87. The van der Waals surface area contributed by atoms with E-state index in [1.54, 1.807) is 0 Å². The molecule has 0 bridgehead atoms. The maximum atomic E-state index is 11.3. The van der Waals surface area contributed by atoms with E-state index in [0.717, 1.165) is 11.8 Å². The van der Waals surface area contributed by atoms with Gasteiger partial charge < -0.3 is 4.74 Å². The lowest BCUT2D eigenvalue weighted by molar-refractivity contribution is 0.0600. The van der Waals surface area contributed by atoms with E-state index in [2.05, 4.69) is 23.8 Å². The third-order valence-corrected chi connectivity index (χ3v) is 3.61. The van der Waals surface area contributed by atoms with Crippen molar-refractivity contribution in [2.75, 3.05) is 7.11 Å². The summed E-state index contributed by atoms with van der Waals surface area (Å²) < 4.78 is 4.69. The number of hydrogen-bond acceptors (Lipinski definition) is 2. The first-order chi connectivity index (χ1) is 8.26. The van der Waals surface area contributed by atoms with Crippen molar-refractivity contribution in [2.24, 2.45) is 5.92 Å². The molecule has 1 saturated carbocycles. The lowest BCUT2D eigenvalue weighted by Crippen LogP contribution is -2.00. The van der Waals surface area contributed by atoms with Crippen molar-refractivity contribution < 1.29 is 9.53 Å². The largest absolute Gasteiger partial charge is 0.465 e. The Hall–Kier alpha value is -1.31. The van der Waals surface area contributed by atoms with E-state index >= 15 is 0 Å². The first kappa shape index (κ1) is 12.2. The monoisotopic (exact) mass is 232 g/mol. The van der Waals surface area contributed by atoms with Gasteiger partial charge in [-0.3, -0.25) is 0 Å². The number of carbonyl (C=O) groups excluding carboxylic acids is 1. The molecule has 0 aromatic heterocycles. The third-order valence-electron chi connectivity index (χ3n) is 3.61. The second-order valence-corrected chi connectivity index (χ2v) is 4.86. The van der Waals surface area contributed by atoms with Crippen LogP contribution in [0, 0.1) is 5.92 Å². The second-order valence-electron chi connectivity index (χ2n) is 4.86. The van der Waals surface area contributed by atoms with Gasteiger partial charge in [-0.2, -0.15) is 0 Å². The number of rotatable bonds is 5. The molecule has 0 radical (unpaired) electrons. The topological polar surface area (TPSA) is 26.3 Å². The molecule has 1 aromatic carbocycles. The SMILES string of the molecule is CCCC[C@H]1C[C@@H]1c1ccc(C(=O)OC)cc1. The average molecular weight is 232 g/mol. The number of esters is 1. The number of carbonyl (C=O) groups is 1. The molecule has 2 rings (SSSR count). The molecule has 0 spiro atoms. The van der Waals surface area contributed by atoms with Gasteiger partial charge in [-0.05, 0) is 42.4 Å². The van der Waals surface area contributed by atoms with E-state index in [0.29, 0.717) is 5.56 Å². The zero-order chi connectivity index (χ0) is 12.3. The van der Waals surface area contributed by atoms with E-state index in [1.165, 1.54) is 38.4 Å². The standard InChI is InChI=1S/C15H20O2/c1-3-4-5-13-10-14(13)11-6-8-12(9-7-11)15(16)17-2/h6-9,13-14H,3-5,10H2,1-2H3/t13-,14+/m0/s1. The van der Waals surface area contributed by atoms with Crippen molar-refractivity contribution in [1.29, 1.82) is 0 Å². The molecular weight excluding hydrogens is 212 g/mol. The molecule has 92 valence electrons. The van der Waals surface area contributed by atoms with Crippen molar-refractivity contribution in [3.8, 4) is 0 Å². The van der Waals surface area contributed by atoms with Crippen LogP contribution in [0.25, 0.3) is 0 Å². The van der Waals surface area contributed by atoms with Gasteiger partial charge in [0.15, 0.2) is 0 Å². The van der Waals surface area contributed by atoms with Gasteiger partial charge >= 0.3 is 5.97 Å². The zero-order valence-corrected chi connectivity index (χ0v) is 10.6. The van der Waals surface area contributed by atoms with Crippen molar-refractivity contribution in [1.82, 2.24) is 0 Å². The Morgan fingerprint density at radius 3 is 2.65 bits per heavy atom. The summed E-state index contributed by atoms with van der Waals surface area (Å²) in [6, 6.07) is 7.89. The highest BCUT2D eigenvalue weighted by atomic mass is 16.5. The number of hydrogen-bond donors (Lipinski definition) is 0. The molecule has 0 unspecified atom stereocenters. The van der Waals surface area contributed by atoms with Crippen LogP contribution in [0.3, 0.4) is 0 Å². The predicted molar refractivity (Wildman–Crippen MR) is 68.2 cm³/mol. The molecule has 0 aliphatic heterocycles. The summed E-state index contributed by atoms with van der Waals surface area (Å²) in [5, 5.41) is 0. The Bertz CT molecular complexity index is 380. The van der Waals surface area contributed by atoms with E-state index < -0.39 is 0 Å². The summed E-state index contributed by atoms with van der Waals surface area (Å²) in [6.45, 7) is 2.24. The first-order valence-electron chi connectivity index (χ1n) is 6.44. The van der Waals surface area contributed by atoms with E-state index in [1.807, 2.05) is 12.1 Å². The smallest absolute Gasteiger partial charge is 0.337 e. The minimum absolute atomic E-state index is 0.255. The van der Waals surface area contributed by atoms with Crippen molar-refractivity contribution in [3.63, 3.8) is 0 Å². The zero-order valence-electron chi connectivity index (χ0n) is 10.6. The molecule has 1 aromatic rings. The maximum absolute atomic E-state index is 11.3. The Balaban J connectivity index is 1.93. The maximum Gasteiger partial charge on any atom is 0.337 e. The minimum Gasteiger partial charge on any atom is -0.465 e. The van der Waals surface area contributed by atoms with Crippen LogP contribution in [0.2, 0.25) is 0 Å². The number of unbranched alkanes of at least 4 members (excludes halogenated alkanes) is 1. The van der Waals surface area contributed by atoms with Crippen LogP contribution in [0.15, 0.2) is 24.3 Å². The molecule has 2 heteroatoms. The number of methoxy groups -OCH3 is 1. The molecule has 1 fully saturated rings. The molecule has 17 heavy (non-hydrogen) atoms. The molecule has 0 heterocycles. The van der Waals surface area contributed by atoms with E-state index in [4.69, 9.17) is 0 Å². The van der Waals surface area contributed by atoms with Crippen molar-refractivity contribution >= 4 is 5.97 Å². The lowest BCUT2D eigenvalue weighted by Gasteiger charge is -2.02. The number of ether oxygens (including phenoxy) is 1. The highest BCUT2D eigenvalue weighted by Crippen LogP contribution is 2.50. The summed E-state index contributed by atoms with van der Waals surface area (Å²) in [5.74, 6) is 1.35. The van der Waals surface area contributed by atoms with Crippen LogP contribution in [-0.4, -0.2) is 13.1 Å². The molecule has 0 amide bonds. The summed E-state index contributed by atoms with van der Waals surface area (Å²) in [7, 11) is 1.41. The van der Waals surface area contributed by atoms with Crippen LogP contribution < -0.4 is 0 Å². The Kier molecular flexibility index (Phi) is 3.82. The van der Waals surface area contributed by atoms with Gasteiger partial charge in [-0.25, -0.2) is 4.79 Å². The fraction of sp³-hybridized carbons (Fsp3) is 0.533. The highest BCUT2D eigenvalue weighted by Gasteiger charge is 2.37. The first-order valence-corrected chi connectivity index (χ1v) is 6.44. The fourth-order valence-electron chi connectivity index (χ4n) is 2.43. The van der Waals surface area contributed by atoms with Gasteiger partial charge in [0.1, 0.15) is 0 Å².